The molecular weight excluding hydrogens is 489 g/mol. The van der Waals surface area contributed by atoms with E-state index in [1.54, 1.807) is 4.90 Å². The number of aromatic nitrogens is 7. The predicted molar refractivity (Wildman–Crippen MR) is 120 cm³/mol. The Bertz CT molecular complexity index is 1450. The molecule has 5 rings (SSSR count). The number of aromatic hydroxyl groups is 1. The Morgan fingerprint density at radius 1 is 1.20 bits per heavy atom. The minimum Gasteiger partial charge on any atom is -0.493 e. The number of hydrogen-bond donors (Lipinski definition) is 2. The molecule has 4 aromatic rings. The lowest BCUT2D eigenvalue weighted by Gasteiger charge is -2.29. The van der Waals surface area contributed by atoms with Crippen LogP contribution in [0.3, 0.4) is 0 Å². The third-order valence-electron chi connectivity index (χ3n) is 5.71. The van der Waals surface area contributed by atoms with Crippen LogP contribution in [0.4, 0.5) is 19.0 Å². The molecule has 11 nitrogen and oxygen atoms in total. The number of aryl methyl sites for hydroxylation is 1. The van der Waals surface area contributed by atoms with E-state index in [2.05, 4.69) is 20.2 Å². The van der Waals surface area contributed by atoms with Gasteiger partial charge in [0, 0.05) is 18.0 Å². The number of thiophene rings is 1. The summed E-state index contributed by atoms with van der Waals surface area (Å²) in [4.78, 5) is 25.4. The highest BCUT2D eigenvalue weighted by Gasteiger charge is 2.39. The van der Waals surface area contributed by atoms with Gasteiger partial charge in [-0.05, 0) is 12.5 Å². The first-order valence-corrected chi connectivity index (χ1v) is 11.7. The number of halogens is 3. The maximum Gasteiger partial charge on any atom is 0.451 e. The van der Waals surface area contributed by atoms with Gasteiger partial charge in [0.1, 0.15) is 10.6 Å². The lowest BCUT2D eigenvalue weighted by atomic mass is 10.2. The number of nitrogens with zero attached hydrogens (tertiary/aromatic N) is 8. The van der Waals surface area contributed by atoms with E-state index < -0.39 is 17.7 Å². The number of aliphatic hydroxyl groups is 1. The van der Waals surface area contributed by atoms with Gasteiger partial charge in [0.05, 0.1) is 31.3 Å². The second-order valence-electron chi connectivity index (χ2n) is 8.05. The Kier molecular flexibility index (Phi) is 5.75. The highest BCUT2D eigenvalue weighted by Crippen LogP contribution is 2.35. The molecule has 0 unspecified atom stereocenters. The molecule has 0 aromatic carbocycles. The molecule has 0 bridgehead atoms. The van der Waals surface area contributed by atoms with Crippen molar-refractivity contribution in [1.82, 2.24) is 33.9 Å². The molecule has 0 atom stereocenters. The molecule has 0 saturated heterocycles. The van der Waals surface area contributed by atoms with Crippen LogP contribution < -0.4 is 10.6 Å². The Morgan fingerprint density at radius 3 is 2.71 bits per heavy atom. The summed E-state index contributed by atoms with van der Waals surface area (Å²) in [6.07, 6.45) is -1.71. The number of alkyl halides is 3. The number of anilines is 1. The zero-order chi connectivity index (χ0) is 24.9. The van der Waals surface area contributed by atoms with Crippen molar-refractivity contribution in [2.75, 3.05) is 18.1 Å². The Hall–Kier alpha value is -3.46. The van der Waals surface area contributed by atoms with Crippen LogP contribution in [-0.2, 0) is 32.2 Å². The van der Waals surface area contributed by atoms with Gasteiger partial charge in [0.15, 0.2) is 5.82 Å². The van der Waals surface area contributed by atoms with Crippen molar-refractivity contribution in [1.29, 1.82) is 0 Å². The van der Waals surface area contributed by atoms with Gasteiger partial charge in [-0.2, -0.15) is 18.2 Å². The van der Waals surface area contributed by atoms with E-state index in [0.717, 1.165) is 36.8 Å². The van der Waals surface area contributed by atoms with Gasteiger partial charge in [-0.25, -0.2) is 14.3 Å². The summed E-state index contributed by atoms with van der Waals surface area (Å²) in [5, 5.41) is 27.1. The van der Waals surface area contributed by atoms with Crippen molar-refractivity contribution in [2.45, 2.75) is 45.6 Å². The quantitative estimate of drug-likeness (QED) is 0.403. The van der Waals surface area contributed by atoms with Gasteiger partial charge >= 0.3 is 11.9 Å². The first-order chi connectivity index (χ1) is 16.7. The van der Waals surface area contributed by atoms with Gasteiger partial charge in [-0.1, -0.05) is 13.3 Å². The zero-order valence-electron chi connectivity index (χ0n) is 18.5. The summed E-state index contributed by atoms with van der Waals surface area (Å²) in [7, 11) is 0. The van der Waals surface area contributed by atoms with E-state index in [-0.39, 0.29) is 50.4 Å². The molecule has 15 heteroatoms. The molecule has 0 spiro atoms. The lowest BCUT2D eigenvalue weighted by molar-refractivity contribution is -0.147. The largest absolute Gasteiger partial charge is 0.493 e. The lowest BCUT2D eigenvalue weighted by Crippen LogP contribution is -2.36. The van der Waals surface area contributed by atoms with Gasteiger partial charge in [0.2, 0.25) is 17.7 Å². The van der Waals surface area contributed by atoms with Crippen molar-refractivity contribution < 1.29 is 23.4 Å². The zero-order valence-corrected chi connectivity index (χ0v) is 19.3. The van der Waals surface area contributed by atoms with E-state index >= 15 is 0 Å². The predicted octanol–water partition coefficient (Wildman–Crippen LogP) is 1.92. The number of rotatable bonds is 6. The van der Waals surface area contributed by atoms with E-state index in [0.29, 0.717) is 10.6 Å². The smallest absolute Gasteiger partial charge is 0.451 e. The molecule has 5 heterocycles. The van der Waals surface area contributed by atoms with Crippen LogP contribution in [0.25, 0.3) is 16.2 Å². The molecular formula is C20H21F3N8O3S. The first-order valence-electron chi connectivity index (χ1n) is 10.9. The maximum absolute atomic E-state index is 13.3. The standard InChI is InChI=1S/C20H21F3N8O3S/c1-2-3-11-8-12-15(28-4-5-29-13(9-28)26-27-17(29)20(21,22)23)24-18(25-16(12)35-11)31-10-14(33)30(6-7-32)19(31)34/h8,10,32-33H,2-7,9H2,1H3. The molecule has 0 saturated carbocycles. The van der Waals surface area contributed by atoms with Crippen molar-refractivity contribution in [3.8, 4) is 11.8 Å². The second-order valence-corrected chi connectivity index (χ2v) is 9.17. The molecule has 0 radical (unpaired) electrons. The first kappa shape index (κ1) is 23.3. The minimum absolute atomic E-state index is 0.0115. The van der Waals surface area contributed by atoms with Crippen LogP contribution in [0.2, 0.25) is 0 Å². The number of hydrogen-bond acceptors (Lipinski definition) is 9. The summed E-state index contributed by atoms with van der Waals surface area (Å²) < 4.78 is 42.9. The molecule has 1 aliphatic rings. The van der Waals surface area contributed by atoms with E-state index in [4.69, 9.17) is 0 Å². The number of aliphatic hydroxyl groups excluding tert-OH is 1. The number of fused-ring (bicyclic) bond motifs is 2. The topological polar surface area (TPSA) is 127 Å². The monoisotopic (exact) mass is 510 g/mol. The molecule has 0 fully saturated rings. The fourth-order valence-corrected chi connectivity index (χ4v) is 5.25. The summed E-state index contributed by atoms with van der Waals surface area (Å²) in [6.45, 7) is 1.86. The Balaban J connectivity index is 1.62. The summed E-state index contributed by atoms with van der Waals surface area (Å²) >= 11 is 1.44. The van der Waals surface area contributed by atoms with Crippen LogP contribution in [0.1, 0.15) is 29.9 Å². The van der Waals surface area contributed by atoms with Crippen molar-refractivity contribution in [2.24, 2.45) is 0 Å². The fourth-order valence-electron chi connectivity index (χ4n) is 4.13. The molecule has 186 valence electrons. The number of imidazole rings is 1. The molecule has 2 N–H and O–H groups in total. The SMILES string of the molecule is CCCc1cc2c(N3CCn4c(nnc4C(F)(F)F)C3)nc(-n3cc(O)n(CCO)c3=O)nc2s1. The van der Waals surface area contributed by atoms with Crippen LogP contribution in [0, 0.1) is 0 Å². The fraction of sp³-hybridized carbons (Fsp3) is 0.450. The van der Waals surface area contributed by atoms with E-state index in [1.165, 1.54) is 17.5 Å². The molecule has 1 aliphatic heterocycles. The highest BCUT2D eigenvalue weighted by molar-refractivity contribution is 7.18. The normalized spacial score (nSPS) is 14.1. The van der Waals surface area contributed by atoms with Crippen LogP contribution in [0.15, 0.2) is 17.1 Å². The van der Waals surface area contributed by atoms with E-state index in [9.17, 15) is 28.2 Å². The molecule has 0 amide bonds. The third-order valence-corrected chi connectivity index (χ3v) is 6.80. The van der Waals surface area contributed by atoms with E-state index in [1.807, 2.05) is 13.0 Å². The summed E-state index contributed by atoms with van der Waals surface area (Å²) in [5.41, 5.74) is -0.625. The summed E-state index contributed by atoms with van der Waals surface area (Å²) in [6, 6.07) is 1.96. The van der Waals surface area contributed by atoms with Crippen LogP contribution in [-0.4, -0.2) is 57.2 Å². The van der Waals surface area contributed by atoms with Gasteiger partial charge in [0.25, 0.3) is 0 Å². The van der Waals surface area contributed by atoms with Crippen LogP contribution >= 0.6 is 11.3 Å². The van der Waals surface area contributed by atoms with Crippen molar-refractivity contribution in [3.05, 3.63) is 39.3 Å². The van der Waals surface area contributed by atoms with Gasteiger partial charge in [-0.3, -0.25) is 4.57 Å². The van der Waals surface area contributed by atoms with Gasteiger partial charge in [-0.15, -0.1) is 21.5 Å². The van der Waals surface area contributed by atoms with Crippen molar-refractivity contribution in [3.63, 3.8) is 0 Å². The van der Waals surface area contributed by atoms with Crippen molar-refractivity contribution >= 4 is 27.4 Å². The molecule has 0 aliphatic carbocycles. The average molecular weight is 511 g/mol. The molecule has 35 heavy (non-hydrogen) atoms. The highest BCUT2D eigenvalue weighted by atomic mass is 32.1. The van der Waals surface area contributed by atoms with Gasteiger partial charge < -0.3 is 19.7 Å². The van der Waals surface area contributed by atoms with Crippen LogP contribution in [0.5, 0.6) is 5.88 Å². The Morgan fingerprint density at radius 2 is 2.00 bits per heavy atom. The minimum atomic E-state index is -4.60. The Labute approximate surface area is 199 Å². The molecule has 4 aromatic heterocycles. The third kappa shape index (κ3) is 4.03. The maximum atomic E-state index is 13.3. The average Bonchev–Trinajstić information content (AvgIpc) is 3.49. The second kappa shape index (κ2) is 8.64. The summed E-state index contributed by atoms with van der Waals surface area (Å²) in [5.74, 6) is -0.762.